The summed E-state index contributed by atoms with van der Waals surface area (Å²) < 4.78 is 48.0. The van der Waals surface area contributed by atoms with Gasteiger partial charge in [0.25, 0.3) is 0 Å². The monoisotopic (exact) mass is 656 g/mol. The number of amides is 1. The van der Waals surface area contributed by atoms with Crippen LogP contribution in [0.25, 0.3) is 10.2 Å². The summed E-state index contributed by atoms with van der Waals surface area (Å²) in [4.78, 5) is 18.1. The number of fused-ring (bicyclic) bond motifs is 5. The van der Waals surface area contributed by atoms with Gasteiger partial charge in [0.05, 0.1) is 28.3 Å². The third-order valence-corrected chi connectivity index (χ3v) is 11.5. The van der Waals surface area contributed by atoms with Crippen molar-refractivity contribution < 1.29 is 27.4 Å². The van der Waals surface area contributed by atoms with E-state index in [2.05, 4.69) is 22.5 Å². The van der Waals surface area contributed by atoms with E-state index in [4.69, 9.17) is 14.2 Å². The minimum Gasteiger partial charge on any atom is -0.443 e. The minimum atomic E-state index is -3.81. The number of hydrogen-bond donors (Lipinski definition) is 2. The van der Waals surface area contributed by atoms with Crippen molar-refractivity contribution in [1.29, 1.82) is 0 Å². The van der Waals surface area contributed by atoms with Gasteiger partial charge in [-0.3, -0.25) is 0 Å². The van der Waals surface area contributed by atoms with Crippen molar-refractivity contribution in [3.05, 3.63) is 54.1 Å². The quantitative estimate of drug-likeness (QED) is 0.243. The molecule has 10 nitrogen and oxygen atoms in total. The van der Waals surface area contributed by atoms with E-state index in [9.17, 15) is 13.2 Å². The average molecular weight is 657 g/mol. The molecule has 1 aromatic heterocycles. The fraction of sp³-hybridized carbons (Fsp3) is 0.576. The number of sulfonamides is 1. The first-order valence-electron chi connectivity index (χ1n) is 16.1. The Morgan fingerprint density at radius 2 is 1.91 bits per heavy atom. The first kappa shape index (κ1) is 32.2. The Morgan fingerprint density at radius 3 is 2.64 bits per heavy atom. The van der Waals surface area contributed by atoms with Gasteiger partial charge in [-0.1, -0.05) is 62.4 Å². The first-order chi connectivity index (χ1) is 21.6. The van der Waals surface area contributed by atoms with Crippen LogP contribution in [-0.4, -0.2) is 74.6 Å². The van der Waals surface area contributed by atoms with Crippen LogP contribution in [0.15, 0.2) is 53.4 Å². The third kappa shape index (κ3) is 8.15. The number of hydrogen-bond acceptors (Lipinski definition) is 9. The summed E-state index contributed by atoms with van der Waals surface area (Å²) in [6, 6.07) is 15.2. The third-order valence-electron chi connectivity index (χ3n) is 8.67. The van der Waals surface area contributed by atoms with Crippen LogP contribution in [0.2, 0.25) is 0 Å². The normalized spacial score (nSPS) is 24.1. The molecule has 4 fully saturated rings. The molecule has 4 aliphatic rings. The van der Waals surface area contributed by atoms with Crippen LogP contribution in [0.4, 0.5) is 9.93 Å². The zero-order valence-electron chi connectivity index (χ0n) is 26.2. The Balaban J connectivity index is 1.16. The second-order valence-electron chi connectivity index (χ2n) is 13.1. The zero-order chi connectivity index (χ0) is 31.6. The van der Waals surface area contributed by atoms with Gasteiger partial charge in [0.1, 0.15) is 6.10 Å². The maximum absolute atomic E-state index is 14.1. The summed E-state index contributed by atoms with van der Waals surface area (Å²) in [6.07, 6.45) is 2.95. The van der Waals surface area contributed by atoms with Crippen LogP contribution >= 0.6 is 11.3 Å². The van der Waals surface area contributed by atoms with Gasteiger partial charge >= 0.3 is 6.09 Å². The highest BCUT2D eigenvalue weighted by Gasteiger charge is 2.40. The molecule has 0 radical (unpaired) electrons. The SMILES string of the molecule is CC(C)CN(CC[C@H](Cc1ccccc1)NC(=O)OC1COC2OCC1CC2C)S(=O)(=O)c1ccc2nc(NC3CC3)sc2c1. The molecule has 7 rings (SSSR count). The molecule has 244 valence electrons. The zero-order valence-corrected chi connectivity index (χ0v) is 27.8. The van der Waals surface area contributed by atoms with Crippen molar-refractivity contribution in [2.75, 3.05) is 31.6 Å². The van der Waals surface area contributed by atoms with Gasteiger partial charge in [-0.25, -0.2) is 18.2 Å². The molecule has 3 aromatic rings. The molecule has 0 spiro atoms. The van der Waals surface area contributed by atoms with Crippen LogP contribution in [0, 0.1) is 17.8 Å². The van der Waals surface area contributed by atoms with Crippen LogP contribution in [0.5, 0.6) is 0 Å². The van der Waals surface area contributed by atoms with E-state index in [1.807, 2.05) is 44.2 Å². The van der Waals surface area contributed by atoms with Crippen molar-refractivity contribution in [3.63, 3.8) is 0 Å². The number of carbonyl (C=O) groups excluding carboxylic acids is 1. The van der Waals surface area contributed by atoms with Crippen molar-refractivity contribution in [2.45, 2.75) is 82.2 Å². The number of nitrogens with zero attached hydrogens (tertiary/aromatic N) is 2. The Labute approximate surface area is 269 Å². The lowest BCUT2D eigenvalue weighted by Crippen LogP contribution is -2.44. The van der Waals surface area contributed by atoms with Crippen molar-refractivity contribution >= 4 is 42.8 Å². The van der Waals surface area contributed by atoms with E-state index >= 15 is 0 Å². The van der Waals surface area contributed by atoms with Gasteiger partial charge in [-0.05, 0) is 61.8 Å². The van der Waals surface area contributed by atoms with Gasteiger partial charge in [0.2, 0.25) is 10.0 Å². The van der Waals surface area contributed by atoms with E-state index in [-0.39, 0.29) is 41.5 Å². The molecule has 5 atom stereocenters. The second-order valence-corrected chi connectivity index (χ2v) is 16.1. The van der Waals surface area contributed by atoms with Gasteiger partial charge < -0.3 is 24.8 Å². The number of ether oxygens (including phenoxy) is 3. The second kappa shape index (κ2) is 13.9. The average Bonchev–Trinajstić information content (AvgIpc) is 3.78. The summed E-state index contributed by atoms with van der Waals surface area (Å²) in [5.41, 5.74) is 1.84. The topological polar surface area (TPSA) is 119 Å². The number of rotatable bonds is 13. The highest BCUT2D eigenvalue weighted by molar-refractivity contribution is 7.89. The minimum absolute atomic E-state index is 0.0835. The van der Waals surface area contributed by atoms with Crippen molar-refractivity contribution in [1.82, 2.24) is 14.6 Å². The van der Waals surface area contributed by atoms with E-state index in [1.165, 1.54) is 11.3 Å². The lowest BCUT2D eigenvalue weighted by molar-refractivity contribution is -0.175. The molecule has 3 aliphatic heterocycles. The van der Waals surface area contributed by atoms with Gasteiger partial charge in [-0.15, -0.1) is 0 Å². The maximum atomic E-state index is 14.1. The molecular weight excluding hydrogens is 613 g/mol. The van der Waals surface area contributed by atoms with Crippen LogP contribution in [0.3, 0.4) is 0 Å². The predicted octanol–water partition coefficient (Wildman–Crippen LogP) is 5.64. The van der Waals surface area contributed by atoms with Crippen LogP contribution in [-0.2, 0) is 30.7 Å². The molecule has 1 amide bonds. The van der Waals surface area contributed by atoms with E-state index in [1.54, 1.807) is 22.5 Å². The van der Waals surface area contributed by atoms with Crippen LogP contribution < -0.4 is 10.6 Å². The molecule has 12 heteroatoms. The van der Waals surface area contributed by atoms with E-state index < -0.39 is 22.2 Å². The number of benzene rings is 2. The summed E-state index contributed by atoms with van der Waals surface area (Å²) in [7, 11) is -3.81. The maximum Gasteiger partial charge on any atom is 0.407 e. The Bertz CT molecular complexity index is 1560. The molecule has 4 unspecified atom stereocenters. The predicted molar refractivity (Wildman–Crippen MR) is 175 cm³/mol. The highest BCUT2D eigenvalue weighted by Crippen LogP contribution is 2.34. The van der Waals surface area contributed by atoms with E-state index in [0.29, 0.717) is 38.6 Å². The molecule has 4 heterocycles. The fourth-order valence-corrected chi connectivity index (χ4v) is 8.83. The molecule has 2 aromatic carbocycles. The lowest BCUT2D eigenvalue weighted by Gasteiger charge is -2.31. The number of nitrogens with one attached hydrogen (secondary N) is 2. The van der Waals surface area contributed by atoms with Crippen molar-refractivity contribution in [2.24, 2.45) is 17.8 Å². The molecule has 2 bridgehead atoms. The Morgan fingerprint density at radius 1 is 1.13 bits per heavy atom. The number of thiazole rings is 1. The fourth-order valence-electron chi connectivity index (χ4n) is 6.12. The highest BCUT2D eigenvalue weighted by atomic mass is 32.2. The first-order valence-corrected chi connectivity index (χ1v) is 18.3. The van der Waals surface area contributed by atoms with Gasteiger partial charge in [-0.2, -0.15) is 4.31 Å². The number of aromatic nitrogens is 1. The molecule has 1 saturated carbocycles. The van der Waals surface area contributed by atoms with Crippen molar-refractivity contribution in [3.8, 4) is 0 Å². The van der Waals surface area contributed by atoms with Crippen LogP contribution in [0.1, 0.15) is 52.0 Å². The number of carbonyl (C=O) groups is 1. The van der Waals surface area contributed by atoms with Gasteiger partial charge in [0, 0.05) is 37.0 Å². The van der Waals surface area contributed by atoms with Gasteiger partial charge in [0.15, 0.2) is 11.4 Å². The molecule has 45 heavy (non-hydrogen) atoms. The molecular formula is C33H44N4O6S2. The molecule has 2 N–H and O–H groups in total. The summed E-state index contributed by atoms with van der Waals surface area (Å²) in [5, 5.41) is 7.29. The number of alkyl carbamates (subject to hydrolysis) is 1. The summed E-state index contributed by atoms with van der Waals surface area (Å²) in [6.45, 7) is 7.53. The lowest BCUT2D eigenvalue weighted by atomic mass is 9.91. The summed E-state index contributed by atoms with van der Waals surface area (Å²) >= 11 is 1.48. The standard InChI is InChI=1S/C33H44N4O6S2/c1-21(2)18-37(45(39,40)27-11-12-28-30(17-27)44-32(36-28)34-25-9-10-25)14-13-26(16-23-7-5-4-6-8-23)35-33(38)43-29-20-42-31-22(3)15-24(29)19-41-31/h4-8,11-12,17,21-22,24-26,29,31H,9-10,13-16,18-20H2,1-3H3,(H,34,36)(H,35,38)/t22?,24?,26-,29?,31?/m1/s1. The molecule has 3 saturated heterocycles. The Hall–Kier alpha value is -2.77. The number of anilines is 1. The smallest absolute Gasteiger partial charge is 0.407 e. The Kier molecular flexibility index (Phi) is 9.96. The molecule has 1 aliphatic carbocycles. The largest absolute Gasteiger partial charge is 0.443 e. The summed E-state index contributed by atoms with van der Waals surface area (Å²) in [5.74, 6) is 0.445. The van der Waals surface area contributed by atoms with E-state index in [0.717, 1.165) is 40.2 Å².